The van der Waals surface area contributed by atoms with Gasteiger partial charge < -0.3 is 5.11 Å². The van der Waals surface area contributed by atoms with Crippen LogP contribution in [-0.4, -0.2) is 29.1 Å². The summed E-state index contributed by atoms with van der Waals surface area (Å²) in [7, 11) is 0. The van der Waals surface area contributed by atoms with Crippen molar-refractivity contribution in [1.82, 2.24) is 4.90 Å². The molecule has 0 aliphatic heterocycles. The number of aryl methyl sites for hydroxylation is 1. The maximum absolute atomic E-state index is 13.4. The molecule has 0 heterocycles. The molecule has 0 spiro atoms. The number of aliphatic carboxylic acids is 1. The van der Waals surface area contributed by atoms with Crippen molar-refractivity contribution in [2.45, 2.75) is 26.3 Å². The lowest BCUT2D eigenvalue weighted by Crippen LogP contribution is -2.31. The van der Waals surface area contributed by atoms with E-state index in [1.165, 1.54) is 18.9 Å². The summed E-state index contributed by atoms with van der Waals surface area (Å²) in [4.78, 5) is 12.7. The SMILES string of the molecule is Cc1ccc(CN(CC(=O)O)CC2CC2)cc1F. The normalized spacial score (nSPS) is 15.1. The van der Waals surface area contributed by atoms with Crippen LogP contribution in [0.2, 0.25) is 0 Å². The Hall–Kier alpha value is -1.42. The molecular weight excluding hydrogens is 233 g/mol. The third kappa shape index (κ3) is 3.81. The van der Waals surface area contributed by atoms with Crippen molar-refractivity contribution in [1.29, 1.82) is 0 Å². The Bertz CT molecular complexity index is 443. The molecule has 3 nitrogen and oxygen atoms in total. The van der Waals surface area contributed by atoms with Crippen LogP contribution in [0.5, 0.6) is 0 Å². The van der Waals surface area contributed by atoms with Gasteiger partial charge in [-0.25, -0.2) is 4.39 Å². The first-order chi connectivity index (χ1) is 8.54. The summed E-state index contributed by atoms with van der Waals surface area (Å²) in [6, 6.07) is 5.10. The minimum Gasteiger partial charge on any atom is -0.480 e. The Kier molecular flexibility index (Phi) is 3.97. The lowest BCUT2D eigenvalue weighted by atomic mass is 10.1. The highest BCUT2D eigenvalue weighted by atomic mass is 19.1. The lowest BCUT2D eigenvalue weighted by Gasteiger charge is -2.20. The van der Waals surface area contributed by atoms with E-state index in [1.54, 1.807) is 13.0 Å². The quantitative estimate of drug-likeness (QED) is 0.844. The van der Waals surface area contributed by atoms with Crippen molar-refractivity contribution in [3.63, 3.8) is 0 Å². The highest BCUT2D eigenvalue weighted by Gasteiger charge is 2.25. The van der Waals surface area contributed by atoms with Gasteiger partial charge in [0.2, 0.25) is 0 Å². The van der Waals surface area contributed by atoms with E-state index in [0.717, 1.165) is 12.1 Å². The molecule has 0 saturated heterocycles. The van der Waals surface area contributed by atoms with Gasteiger partial charge in [-0.2, -0.15) is 0 Å². The van der Waals surface area contributed by atoms with Gasteiger partial charge in [-0.05, 0) is 42.9 Å². The summed E-state index contributed by atoms with van der Waals surface area (Å²) < 4.78 is 13.4. The molecule has 0 aromatic heterocycles. The number of rotatable bonds is 6. The molecule has 0 radical (unpaired) electrons. The van der Waals surface area contributed by atoms with Crippen LogP contribution >= 0.6 is 0 Å². The number of nitrogens with zero attached hydrogens (tertiary/aromatic N) is 1. The Morgan fingerprint density at radius 3 is 2.78 bits per heavy atom. The first-order valence-corrected chi connectivity index (χ1v) is 6.24. The minimum absolute atomic E-state index is 0.0198. The number of halogens is 1. The molecule has 4 heteroatoms. The summed E-state index contributed by atoms with van der Waals surface area (Å²) in [5.74, 6) is -0.433. The molecule has 1 aromatic carbocycles. The monoisotopic (exact) mass is 251 g/mol. The van der Waals surface area contributed by atoms with E-state index in [-0.39, 0.29) is 12.4 Å². The lowest BCUT2D eigenvalue weighted by molar-refractivity contribution is -0.138. The molecule has 2 rings (SSSR count). The first-order valence-electron chi connectivity index (χ1n) is 6.24. The Morgan fingerprint density at radius 2 is 2.22 bits per heavy atom. The zero-order valence-electron chi connectivity index (χ0n) is 10.5. The molecular formula is C14H18FNO2. The van der Waals surface area contributed by atoms with Crippen LogP contribution in [0.4, 0.5) is 4.39 Å². The maximum Gasteiger partial charge on any atom is 0.317 e. The fraction of sp³-hybridized carbons (Fsp3) is 0.500. The van der Waals surface area contributed by atoms with Gasteiger partial charge in [-0.1, -0.05) is 12.1 Å². The molecule has 0 bridgehead atoms. The standard InChI is InChI=1S/C14H18FNO2/c1-10-2-3-12(6-13(10)15)8-16(9-14(17)18)7-11-4-5-11/h2-3,6,11H,4-5,7-9H2,1H3,(H,17,18). The Morgan fingerprint density at radius 1 is 1.50 bits per heavy atom. The summed E-state index contributed by atoms with van der Waals surface area (Å²) >= 11 is 0. The van der Waals surface area contributed by atoms with Crippen molar-refractivity contribution < 1.29 is 14.3 Å². The zero-order chi connectivity index (χ0) is 13.1. The molecule has 1 aliphatic rings. The molecule has 18 heavy (non-hydrogen) atoms. The van der Waals surface area contributed by atoms with Crippen LogP contribution < -0.4 is 0 Å². The van der Waals surface area contributed by atoms with Crippen LogP contribution in [0.1, 0.15) is 24.0 Å². The van der Waals surface area contributed by atoms with Gasteiger partial charge in [0, 0.05) is 13.1 Å². The van der Waals surface area contributed by atoms with E-state index in [2.05, 4.69) is 0 Å². The second-order valence-electron chi connectivity index (χ2n) is 5.09. The summed E-state index contributed by atoms with van der Waals surface area (Å²) in [6.07, 6.45) is 2.36. The van der Waals surface area contributed by atoms with Crippen molar-refractivity contribution in [2.24, 2.45) is 5.92 Å². The first kappa shape index (κ1) is 13.0. The van der Waals surface area contributed by atoms with E-state index in [1.807, 2.05) is 11.0 Å². The maximum atomic E-state index is 13.4. The molecule has 1 fully saturated rings. The topological polar surface area (TPSA) is 40.5 Å². The molecule has 1 N–H and O–H groups in total. The number of benzene rings is 1. The number of carbonyl (C=O) groups is 1. The van der Waals surface area contributed by atoms with Gasteiger partial charge in [0.15, 0.2) is 0 Å². The highest BCUT2D eigenvalue weighted by molar-refractivity contribution is 5.69. The summed E-state index contributed by atoms with van der Waals surface area (Å²) in [5, 5.41) is 8.88. The fourth-order valence-electron chi connectivity index (χ4n) is 2.03. The zero-order valence-corrected chi connectivity index (χ0v) is 10.5. The molecule has 0 amide bonds. The van der Waals surface area contributed by atoms with Crippen LogP contribution in [0.15, 0.2) is 18.2 Å². The Labute approximate surface area is 106 Å². The van der Waals surface area contributed by atoms with Gasteiger partial charge >= 0.3 is 5.97 Å². The van der Waals surface area contributed by atoms with Crippen molar-refractivity contribution >= 4 is 5.97 Å². The van der Waals surface area contributed by atoms with Gasteiger partial charge in [0.25, 0.3) is 0 Å². The molecule has 1 saturated carbocycles. The Balaban J connectivity index is 2.01. The number of hydrogen-bond donors (Lipinski definition) is 1. The molecule has 1 aromatic rings. The smallest absolute Gasteiger partial charge is 0.317 e. The minimum atomic E-state index is -0.830. The van der Waals surface area contributed by atoms with Crippen LogP contribution in [0.3, 0.4) is 0 Å². The molecule has 1 aliphatic carbocycles. The summed E-state index contributed by atoms with van der Waals surface area (Å²) in [6.45, 7) is 3.03. The number of carboxylic acid groups (broad SMARTS) is 1. The second kappa shape index (κ2) is 5.48. The van der Waals surface area contributed by atoms with Gasteiger partial charge in [0.05, 0.1) is 6.54 Å². The van der Waals surface area contributed by atoms with E-state index in [0.29, 0.717) is 18.0 Å². The summed E-state index contributed by atoms with van der Waals surface area (Å²) in [5.41, 5.74) is 1.45. The molecule has 98 valence electrons. The average molecular weight is 251 g/mol. The van der Waals surface area contributed by atoms with Crippen molar-refractivity contribution in [2.75, 3.05) is 13.1 Å². The van der Waals surface area contributed by atoms with Gasteiger partial charge in [-0.3, -0.25) is 9.69 Å². The van der Waals surface area contributed by atoms with Crippen LogP contribution in [0.25, 0.3) is 0 Å². The number of carboxylic acids is 1. The van der Waals surface area contributed by atoms with Crippen molar-refractivity contribution in [3.8, 4) is 0 Å². The van der Waals surface area contributed by atoms with E-state index in [9.17, 15) is 9.18 Å². The van der Waals surface area contributed by atoms with E-state index >= 15 is 0 Å². The second-order valence-corrected chi connectivity index (χ2v) is 5.09. The highest BCUT2D eigenvalue weighted by Crippen LogP contribution is 2.30. The van der Waals surface area contributed by atoms with Gasteiger partial charge in [0.1, 0.15) is 5.82 Å². The third-order valence-corrected chi connectivity index (χ3v) is 3.21. The molecule has 0 unspecified atom stereocenters. The van der Waals surface area contributed by atoms with Crippen LogP contribution in [0, 0.1) is 18.7 Å². The number of hydrogen-bond acceptors (Lipinski definition) is 2. The third-order valence-electron chi connectivity index (χ3n) is 3.21. The van der Waals surface area contributed by atoms with Crippen LogP contribution in [-0.2, 0) is 11.3 Å². The van der Waals surface area contributed by atoms with E-state index < -0.39 is 5.97 Å². The fourth-order valence-corrected chi connectivity index (χ4v) is 2.03. The molecule has 0 atom stereocenters. The average Bonchev–Trinajstić information content (AvgIpc) is 3.06. The largest absolute Gasteiger partial charge is 0.480 e. The van der Waals surface area contributed by atoms with E-state index in [4.69, 9.17) is 5.11 Å². The predicted molar refractivity (Wildman–Crippen MR) is 66.8 cm³/mol. The predicted octanol–water partition coefficient (Wildman–Crippen LogP) is 2.43. The van der Waals surface area contributed by atoms with Gasteiger partial charge in [-0.15, -0.1) is 0 Å². The van der Waals surface area contributed by atoms with Crippen molar-refractivity contribution in [3.05, 3.63) is 35.1 Å².